The Bertz CT molecular complexity index is 381. The van der Waals surface area contributed by atoms with E-state index in [4.69, 9.17) is 0 Å². The van der Waals surface area contributed by atoms with Gasteiger partial charge in [0.25, 0.3) is 0 Å². The Morgan fingerprint density at radius 1 is 1.30 bits per heavy atom. The van der Waals surface area contributed by atoms with Crippen molar-refractivity contribution in [2.45, 2.75) is 45.7 Å². The fraction of sp³-hybridized carbons (Fsp3) is 0.647. The van der Waals surface area contributed by atoms with E-state index in [-0.39, 0.29) is 12.6 Å². The number of rotatable bonds is 9. The van der Waals surface area contributed by atoms with E-state index in [9.17, 15) is 5.11 Å². The number of aliphatic hydroxyl groups is 1. The molecule has 0 aromatic heterocycles. The molecule has 2 atom stereocenters. The van der Waals surface area contributed by atoms with Gasteiger partial charge in [-0.25, -0.2) is 0 Å². The van der Waals surface area contributed by atoms with E-state index in [0.29, 0.717) is 6.04 Å². The highest BCUT2D eigenvalue weighted by atomic mass is 16.3. The van der Waals surface area contributed by atoms with Crippen LogP contribution in [0, 0.1) is 6.92 Å². The first-order valence-electron chi connectivity index (χ1n) is 7.70. The molecule has 0 spiro atoms. The maximum atomic E-state index is 9.22. The molecule has 0 bridgehead atoms. The number of hydrogen-bond acceptors (Lipinski definition) is 3. The first-order chi connectivity index (χ1) is 9.60. The second-order valence-electron chi connectivity index (χ2n) is 5.66. The van der Waals surface area contributed by atoms with Crippen LogP contribution in [0.15, 0.2) is 24.3 Å². The third kappa shape index (κ3) is 5.23. The minimum atomic E-state index is 0.216. The van der Waals surface area contributed by atoms with E-state index >= 15 is 0 Å². The van der Waals surface area contributed by atoms with Crippen molar-refractivity contribution in [2.24, 2.45) is 0 Å². The third-order valence-electron chi connectivity index (χ3n) is 3.99. The van der Waals surface area contributed by atoms with E-state index < -0.39 is 0 Å². The average Bonchev–Trinajstić information content (AvgIpc) is 2.47. The average molecular weight is 278 g/mol. The smallest absolute Gasteiger partial charge is 0.0584 e. The summed E-state index contributed by atoms with van der Waals surface area (Å²) in [4.78, 5) is 2.22. The number of aryl methyl sites for hydroxylation is 1. The molecule has 0 aliphatic heterocycles. The number of nitrogens with zero attached hydrogens (tertiary/aromatic N) is 1. The molecule has 0 aliphatic carbocycles. The molecule has 1 aromatic carbocycles. The van der Waals surface area contributed by atoms with Crippen LogP contribution in [0.5, 0.6) is 0 Å². The van der Waals surface area contributed by atoms with Crippen molar-refractivity contribution in [1.29, 1.82) is 0 Å². The first kappa shape index (κ1) is 17.2. The Morgan fingerprint density at radius 3 is 2.60 bits per heavy atom. The van der Waals surface area contributed by atoms with Crippen molar-refractivity contribution in [3.05, 3.63) is 35.4 Å². The fourth-order valence-corrected chi connectivity index (χ4v) is 2.36. The summed E-state index contributed by atoms with van der Waals surface area (Å²) in [5.41, 5.74) is 2.74. The van der Waals surface area contributed by atoms with Gasteiger partial charge in [-0.1, -0.05) is 31.2 Å². The molecule has 3 nitrogen and oxygen atoms in total. The third-order valence-corrected chi connectivity index (χ3v) is 3.99. The van der Waals surface area contributed by atoms with Crippen molar-refractivity contribution in [1.82, 2.24) is 10.2 Å². The lowest BCUT2D eigenvalue weighted by molar-refractivity contribution is 0.154. The predicted molar refractivity (Wildman–Crippen MR) is 86.0 cm³/mol. The van der Waals surface area contributed by atoms with E-state index in [1.165, 1.54) is 11.1 Å². The van der Waals surface area contributed by atoms with E-state index in [2.05, 4.69) is 62.3 Å². The van der Waals surface area contributed by atoms with Crippen LogP contribution >= 0.6 is 0 Å². The Labute approximate surface area is 124 Å². The van der Waals surface area contributed by atoms with Crippen molar-refractivity contribution in [3.8, 4) is 0 Å². The highest BCUT2D eigenvalue weighted by molar-refractivity contribution is 5.28. The molecule has 1 aromatic rings. The summed E-state index contributed by atoms with van der Waals surface area (Å²) in [6, 6.07) is 9.22. The molecular weight excluding hydrogens is 248 g/mol. The van der Waals surface area contributed by atoms with Gasteiger partial charge >= 0.3 is 0 Å². The largest absolute Gasteiger partial charge is 0.395 e. The summed E-state index contributed by atoms with van der Waals surface area (Å²) < 4.78 is 0. The lowest BCUT2D eigenvalue weighted by atomic mass is 9.98. The number of benzene rings is 1. The van der Waals surface area contributed by atoms with Crippen LogP contribution < -0.4 is 5.32 Å². The number of likely N-dealkylation sites (N-methyl/N-ethyl adjacent to an activating group) is 1. The van der Waals surface area contributed by atoms with Gasteiger partial charge in [0.15, 0.2) is 0 Å². The number of hydrogen-bond donors (Lipinski definition) is 2. The molecule has 2 unspecified atom stereocenters. The van der Waals surface area contributed by atoms with Crippen LogP contribution in [0.4, 0.5) is 0 Å². The maximum Gasteiger partial charge on any atom is 0.0584 e. The monoisotopic (exact) mass is 278 g/mol. The van der Waals surface area contributed by atoms with Crippen LogP contribution in [-0.2, 0) is 0 Å². The van der Waals surface area contributed by atoms with Gasteiger partial charge in [0, 0.05) is 18.6 Å². The molecule has 0 radical (unpaired) electrons. The normalized spacial score (nSPS) is 14.5. The van der Waals surface area contributed by atoms with Gasteiger partial charge in [0.05, 0.1) is 6.61 Å². The standard InChI is InChI=1S/C17H30N2O/c1-5-11-18-17(10-12-19(4)15(3)13-20)16-9-7-6-8-14(16)2/h6-9,15,17-18,20H,5,10-13H2,1-4H3. The second kappa shape index (κ2) is 9.11. The van der Waals surface area contributed by atoms with E-state index in [0.717, 1.165) is 25.9 Å². The molecule has 114 valence electrons. The summed E-state index contributed by atoms with van der Waals surface area (Å²) in [6.07, 6.45) is 2.21. The molecule has 0 saturated carbocycles. The molecule has 0 aliphatic rings. The van der Waals surface area contributed by atoms with E-state index in [1.807, 2.05) is 0 Å². The molecule has 3 heteroatoms. The van der Waals surface area contributed by atoms with Gasteiger partial charge in [0.1, 0.15) is 0 Å². The van der Waals surface area contributed by atoms with Gasteiger partial charge in [-0.3, -0.25) is 0 Å². The quantitative estimate of drug-likeness (QED) is 0.729. The second-order valence-corrected chi connectivity index (χ2v) is 5.66. The summed E-state index contributed by atoms with van der Waals surface area (Å²) in [5, 5.41) is 12.9. The van der Waals surface area contributed by atoms with Gasteiger partial charge in [0.2, 0.25) is 0 Å². The highest BCUT2D eigenvalue weighted by Gasteiger charge is 2.15. The van der Waals surface area contributed by atoms with Crippen LogP contribution in [0.25, 0.3) is 0 Å². The molecule has 0 saturated heterocycles. The first-order valence-corrected chi connectivity index (χ1v) is 7.70. The number of aliphatic hydroxyl groups excluding tert-OH is 1. The highest BCUT2D eigenvalue weighted by Crippen LogP contribution is 2.21. The van der Waals surface area contributed by atoms with Gasteiger partial charge in [-0.15, -0.1) is 0 Å². The minimum absolute atomic E-state index is 0.216. The zero-order chi connectivity index (χ0) is 15.0. The van der Waals surface area contributed by atoms with Gasteiger partial charge in [-0.2, -0.15) is 0 Å². The number of nitrogens with one attached hydrogen (secondary N) is 1. The van der Waals surface area contributed by atoms with Crippen LogP contribution in [0.2, 0.25) is 0 Å². The Balaban J connectivity index is 2.68. The summed E-state index contributed by atoms with van der Waals surface area (Å²) in [5.74, 6) is 0. The van der Waals surface area contributed by atoms with Crippen molar-refractivity contribution < 1.29 is 5.11 Å². The molecule has 20 heavy (non-hydrogen) atoms. The van der Waals surface area contributed by atoms with Crippen LogP contribution in [0.1, 0.15) is 43.9 Å². The zero-order valence-corrected chi connectivity index (χ0v) is 13.4. The zero-order valence-electron chi connectivity index (χ0n) is 13.4. The molecule has 2 N–H and O–H groups in total. The summed E-state index contributed by atoms with van der Waals surface area (Å²) in [6.45, 7) is 8.67. The topological polar surface area (TPSA) is 35.5 Å². The maximum absolute atomic E-state index is 9.22. The molecular formula is C17H30N2O. The summed E-state index contributed by atoms with van der Waals surface area (Å²) in [7, 11) is 2.08. The van der Waals surface area contributed by atoms with Crippen molar-refractivity contribution >= 4 is 0 Å². The van der Waals surface area contributed by atoms with Gasteiger partial charge in [-0.05, 0) is 51.4 Å². The SMILES string of the molecule is CCCNC(CCN(C)C(C)CO)c1ccccc1C. The Kier molecular flexibility index (Phi) is 7.82. The van der Waals surface area contributed by atoms with E-state index in [1.54, 1.807) is 0 Å². The lowest BCUT2D eigenvalue weighted by Gasteiger charge is -2.27. The molecule has 0 amide bonds. The minimum Gasteiger partial charge on any atom is -0.395 e. The molecule has 0 heterocycles. The van der Waals surface area contributed by atoms with Crippen LogP contribution in [-0.4, -0.2) is 42.8 Å². The summed E-state index contributed by atoms with van der Waals surface area (Å²) >= 11 is 0. The Morgan fingerprint density at radius 2 is 2.00 bits per heavy atom. The predicted octanol–water partition coefficient (Wildman–Crippen LogP) is 2.74. The molecule has 0 fully saturated rings. The van der Waals surface area contributed by atoms with Crippen molar-refractivity contribution in [3.63, 3.8) is 0 Å². The van der Waals surface area contributed by atoms with Crippen molar-refractivity contribution in [2.75, 3.05) is 26.7 Å². The van der Waals surface area contributed by atoms with Gasteiger partial charge < -0.3 is 15.3 Å². The lowest BCUT2D eigenvalue weighted by Crippen LogP contribution is -2.35. The molecule has 1 rings (SSSR count). The van der Waals surface area contributed by atoms with Crippen LogP contribution in [0.3, 0.4) is 0 Å². The Hall–Kier alpha value is -0.900. The fourth-order valence-electron chi connectivity index (χ4n) is 2.36.